The summed E-state index contributed by atoms with van der Waals surface area (Å²) < 4.78 is 0. The Hall–Kier alpha value is -2.08. The molecule has 0 amide bonds. The summed E-state index contributed by atoms with van der Waals surface area (Å²) in [6.07, 6.45) is 3.11. The van der Waals surface area contributed by atoms with Crippen LogP contribution in [0.5, 0.6) is 0 Å². The molecule has 23 heavy (non-hydrogen) atoms. The molecule has 2 heteroatoms. The first-order valence-electron chi connectivity index (χ1n) is 8.50. The first kappa shape index (κ1) is 14.5. The second-order valence-corrected chi connectivity index (χ2v) is 6.62. The van der Waals surface area contributed by atoms with E-state index in [1.807, 2.05) is 36.4 Å². The van der Waals surface area contributed by atoms with Crippen molar-refractivity contribution in [3.05, 3.63) is 59.7 Å². The maximum atomic E-state index is 11.4. The van der Waals surface area contributed by atoms with Crippen LogP contribution in [0.25, 0.3) is 11.1 Å². The highest BCUT2D eigenvalue weighted by molar-refractivity contribution is 5.80. The Balaban J connectivity index is 1.63. The second kappa shape index (κ2) is 5.85. The van der Waals surface area contributed by atoms with E-state index in [9.17, 15) is 5.11 Å². The zero-order chi connectivity index (χ0) is 15.7. The van der Waals surface area contributed by atoms with Crippen molar-refractivity contribution >= 4 is 0 Å². The monoisotopic (exact) mass is 304 g/mol. The fraction of sp³-hybridized carbons (Fsp3) is 0.333. The molecule has 2 nitrogen and oxygen atoms in total. The number of nitrogens with one attached hydrogen (secondary N) is 1. The normalized spacial score (nSPS) is 18.1. The van der Waals surface area contributed by atoms with Crippen LogP contribution in [-0.4, -0.2) is 24.7 Å². The van der Waals surface area contributed by atoms with E-state index in [0.717, 1.165) is 28.8 Å². The largest absolute Gasteiger partial charge is 0.379 e. The van der Waals surface area contributed by atoms with Crippen molar-refractivity contribution < 1.29 is 10.0 Å². The number of aliphatic hydroxyl groups is 1. The number of rotatable bonds is 2. The van der Waals surface area contributed by atoms with Crippen LogP contribution in [-0.2, 0) is 5.60 Å². The van der Waals surface area contributed by atoms with Crippen molar-refractivity contribution in [3.8, 4) is 23.0 Å². The molecule has 1 fully saturated rings. The van der Waals surface area contributed by atoms with Crippen LogP contribution < -0.4 is 4.90 Å². The molecule has 0 saturated carbocycles. The maximum Gasteiger partial charge on any atom is 0.139 e. The van der Waals surface area contributed by atoms with E-state index in [2.05, 4.69) is 24.0 Å². The highest BCUT2D eigenvalue weighted by Gasteiger charge is 2.40. The van der Waals surface area contributed by atoms with Crippen molar-refractivity contribution in [2.75, 3.05) is 19.6 Å². The highest BCUT2D eigenvalue weighted by Crippen LogP contribution is 2.48. The Morgan fingerprint density at radius 1 is 0.870 bits per heavy atom. The molecule has 0 atom stereocenters. The standard InChI is InChI=1S/C21H21NO/c23-21(13-5-6-14-22-15-7-8-16-22)19-11-3-1-9-17(19)18-10-2-4-12-20(18)21/h1-4,9-12,23H,7-8,13-16H2/p+1. The van der Waals surface area contributed by atoms with Crippen LogP contribution in [0.3, 0.4) is 0 Å². The molecule has 1 heterocycles. The molecular weight excluding hydrogens is 282 g/mol. The molecule has 0 unspecified atom stereocenters. The molecule has 1 aliphatic carbocycles. The van der Waals surface area contributed by atoms with Gasteiger partial charge in [-0.2, -0.15) is 0 Å². The summed E-state index contributed by atoms with van der Waals surface area (Å²) in [5, 5.41) is 11.4. The first-order valence-corrected chi connectivity index (χ1v) is 8.50. The Bertz CT molecular complexity index is 732. The number of quaternary nitrogens is 1. The third-order valence-corrected chi connectivity index (χ3v) is 5.15. The number of benzene rings is 2. The summed E-state index contributed by atoms with van der Waals surface area (Å²) >= 11 is 0. The summed E-state index contributed by atoms with van der Waals surface area (Å²) in [6.45, 7) is 3.38. The van der Waals surface area contributed by atoms with Gasteiger partial charge >= 0.3 is 0 Å². The van der Waals surface area contributed by atoms with Crippen LogP contribution in [0.1, 0.15) is 30.4 Å². The number of likely N-dealkylation sites (tertiary alicyclic amines) is 1. The topological polar surface area (TPSA) is 24.7 Å². The van der Waals surface area contributed by atoms with Crippen LogP contribution in [0.15, 0.2) is 48.5 Å². The molecule has 0 spiro atoms. The molecule has 1 saturated heterocycles. The zero-order valence-electron chi connectivity index (χ0n) is 13.3. The van der Waals surface area contributed by atoms with Crippen LogP contribution >= 0.6 is 0 Å². The van der Waals surface area contributed by atoms with Gasteiger partial charge in [-0.1, -0.05) is 54.5 Å². The molecule has 1 aliphatic heterocycles. The van der Waals surface area contributed by atoms with E-state index in [1.54, 1.807) is 4.90 Å². The van der Waals surface area contributed by atoms with Crippen molar-refractivity contribution in [1.82, 2.24) is 0 Å². The van der Waals surface area contributed by atoms with Crippen molar-refractivity contribution in [3.63, 3.8) is 0 Å². The van der Waals surface area contributed by atoms with Gasteiger partial charge in [0.25, 0.3) is 0 Å². The molecular formula is C21H22NO+. The van der Waals surface area contributed by atoms with E-state index in [0.29, 0.717) is 6.42 Å². The lowest BCUT2D eigenvalue weighted by atomic mass is 9.88. The molecule has 2 aliphatic rings. The summed E-state index contributed by atoms with van der Waals surface area (Å²) in [4.78, 5) is 1.58. The predicted molar refractivity (Wildman–Crippen MR) is 92.1 cm³/mol. The lowest BCUT2D eigenvalue weighted by Crippen LogP contribution is -3.09. The molecule has 2 aromatic carbocycles. The first-order chi connectivity index (χ1) is 11.3. The number of fused-ring (bicyclic) bond motifs is 3. The van der Waals surface area contributed by atoms with Gasteiger partial charge in [-0.25, -0.2) is 0 Å². The molecule has 2 aromatic rings. The average Bonchev–Trinajstić information content (AvgIpc) is 3.19. The summed E-state index contributed by atoms with van der Waals surface area (Å²) in [7, 11) is 0. The van der Waals surface area contributed by atoms with Gasteiger partial charge in [-0.05, 0) is 28.2 Å². The maximum absolute atomic E-state index is 11.4. The third kappa shape index (κ3) is 2.47. The average molecular weight is 304 g/mol. The van der Waals surface area contributed by atoms with Gasteiger partial charge in [-0.3, -0.25) is 0 Å². The molecule has 0 bridgehead atoms. The zero-order valence-corrected chi connectivity index (χ0v) is 13.3. The van der Waals surface area contributed by atoms with Gasteiger partial charge in [0, 0.05) is 19.3 Å². The SMILES string of the molecule is OC1(CC#CC[NH+]2CCCC2)c2ccccc2-c2ccccc21. The molecule has 116 valence electrons. The van der Waals surface area contributed by atoms with Gasteiger partial charge in [0.15, 0.2) is 0 Å². The summed E-state index contributed by atoms with van der Waals surface area (Å²) in [6, 6.07) is 16.3. The minimum atomic E-state index is -0.972. The second-order valence-electron chi connectivity index (χ2n) is 6.62. The van der Waals surface area contributed by atoms with E-state index >= 15 is 0 Å². The lowest BCUT2D eigenvalue weighted by Gasteiger charge is -2.23. The number of hydrogen-bond acceptors (Lipinski definition) is 1. The predicted octanol–water partition coefficient (Wildman–Crippen LogP) is 1.98. The minimum absolute atomic E-state index is 0.467. The Labute approximate surface area is 137 Å². The third-order valence-electron chi connectivity index (χ3n) is 5.15. The van der Waals surface area contributed by atoms with Gasteiger partial charge in [0.1, 0.15) is 12.1 Å². The van der Waals surface area contributed by atoms with Crippen molar-refractivity contribution in [2.45, 2.75) is 24.9 Å². The Morgan fingerprint density at radius 2 is 1.43 bits per heavy atom. The fourth-order valence-corrected chi connectivity index (χ4v) is 3.92. The van der Waals surface area contributed by atoms with Crippen LogP contribution in [0, 0.1) is 11.8 Å². The molecule has 0 radical (unpaired) electrons. The summed E-state index contributed by atoms with van der Waals surface area (Å²) in [5.41, 5.74) is 3.28. The molecule has 2 N–H and O–H groups in total. The van der Waals surface area contributed by atoms with Gasteiger partial charge in [0.2, 0.25) is 0 Å². The smallest absolute Gasteiger partial charge is 0.139 e. The van der Waals surface area contributed by atoms with E-state index in [-0.39, 0.29) is 0 Å². The summed E-state index contributed by atoms with van der Waals surface area (Å²) in [5.74, 6) is 6.55. The van der Waals surface area contributed by atoms with E-state index in [1.165, 1.54) is 25.9 Å². The Kier molecular flexibility index (Phi) is 3.69. The van der Waals surface area contributed by atoms with Crippen LogP contribution in [0.4, 0.5) is 0 Å². The highest BCUT2D eigenvalue weighted by atomic mass is 16.3. The van der Waals surface area contributed by atoms with Gasteiger partial charge in [-0.15, -0.1) is 0 Å². The molecule has 0 aromatic heterocycles. The van der Waals surface area contributed by atoms with E-state index in [4.69, 9.17) is 0 Å². The quantitative estimate of drug-likeness (QED) is 0.815. The van der Waals surface area contributed by atoms with E-state index < -0.39 is 5.60 Å². The fourth-order valence-electron chi connectivity index (χ4n) is 3.92. The van der Waals surface area contributed by atoms with Gasteiger partial charge < -0.3 is 10.0 Å². The number of hydrogen-bond donors (Lipinski definition) is 2. The molecule has 4 rings (SSSR count). The van der Waals surface area contributed by atoms with Gasteiger partial charge in [0.05, 0.1) is 13.1 Å². The lowest BCUT2D eigenvalue weighted by molar-refractivity contribution is -0.879. The Morgan fingerprint density at radius 3 is 2.04 bits per heavy atom. The minimum Gasteiger partial charge on any atom is -0.379 e. The van der Waals surface area contributed by atoms with Crippen molar-refractivity contribution in [1.29, 1.82) is 0 Å². The van der Waals surface area contributed by atoms with Crippen molar-refractivity contribution in [2.24, 2.45) is 0 Å². The van der Waals surface area contributed by atoms with Crippen LogP contribution in [0.2, 0.25) is 0 Å².